The lowest BCUT2D eigenvalue weighted by Gasteiger charge is -2.34. The van der Waals surface area contributed by atoms with E-state index in [2.05, 4.69) is 41.8 Å². The van der Waals surface area contributed by atoms with E-state index in [0.29, 0.717) is 6.04 Å². The van der Waals surface area contributed by atoms with Gasteiger partial charge in [-0.15, -0.1) is 0 Å². The van der Waals surface area contributed by atoms with Gasteiger partial charge in [-0.1, -0.05) is 44.4 Å². The van der Waals surface area contributed by atoms with Crippen LogP contribution in [0.2, 0.25) is 0 Å². The molecule has 2 atom stereocenters. The molecule has 1 amide bonds. The van der Waals surface area contributed by atoms with Crippen LogP contribution >= 0.6 is 0 Å². The highest BCUT2D eigenvalue weighted by Crippen LogP contribution is 2.34. The van der Waals surface area contributed by atoms with E-state index in [-0.39, 0.29) is 17.9 Å². The molecule has 4 heteroatoms. The number of hydrogen-bond acceptors (Lipinski definition) is 3. The Balaban J connectivity index is 1.54. The van der Waals surface area contributed by atoms with Crippen molar-refractivity contribution in [3.8, 4) is 5.75 Å². The van der Waals surface area contributed by atoms with Gasteiger partial charge in [-0.25, -0.2) is 0 Å². The van der Waals surface area contributed by atoms with Gasteiger partial charge in [-0.05, 0) is 66.6 Å². The van der Waals surface area contributed by atoms with Crippen LogP contribution in [-0.4, -0.2) is 19.1 Å². The predicted octanol–water partition coefficient (Wildman–Crippen LogP) is 5.23. The fourth-order valence-corrected chi connectivity index (χ4v) is 4.40. The Morgan fingerprint density at radius 2 is 1.97 bits per heavy atom. The molecule has 0 spiro atoms. The van der Waals surface area contributed by atoms with E-state index in [9.17, 15) is 4.79 Å². The molecule has 1 heterocycles. The van der Waals surface area contributed by atoms with Crippen molar-refractivity contribution in [1.82, 2.24) is 5.32 Å². The molecule has 1 aliphatic carbocycles. The first-order chi connectivity index (χ1) is 14.2. The Kier molecular flexibility index (Phi) is 6.19. The van der Waals surface area contributed by atoms with Gasteiger partial charge < -0.3 is 15.4 Å². The lowest BCUT2D eigenvalue weighted by atomic mass is 9.84. The monoisotopic (exact) mass is 392 g/mol. The van der Waals surface area contributed by atoms with E-state index >= 15 is 0 Å². The second-order valence-corrected chi connectivity index (χ2v) is 8.45. The summed E-state index contributed by atoms with van der Waals surface area (Å²) < 4.78 is 5.46. The average molecular weight is 393 g/mol. The van der Waals surface area contributed by atoms with Gasteiger partial charge in [0.15, 0.2) is 0 Å². The molecule has 2 aliphatic rings. The second kappa shape index (κ2) is 9.00. The number of methoxy groups -OCH3 is 1. The number of carbonyl (C=O) groups excluding carboxylic acids is 1. The van der Waals surface area contributed by atoms with Crippen molar-refractivity contribution in [2.24, 2.45) is 5.92 Å². The minimum absolute atomic E-state index is 0.164. The van der Waals surface area contributed by atoms with Crippen molar-refractivity contribution < 1.29 is 9.53 Å². The number of amides is 1. The molecule has 4 nitrogen and oxygen atoms in total. The third-order valence-electron chi connectivity index (χ3n) is 6.42. The fourth-order valence-electron chi connectivity index (χ4n) is 4.40. The molecule has 0 unspecified atom stereocenters. The molecule has 0 saturated heterocycles. The lowest BCUT2D eigenvalue weighted by molar-refractivity contribution is -0.122. The van der Waals surface area contributed by atoms with E-state index in [4.69, 9.17) is 4.74 Å². The minimum Gasteiger partial charge on any atom is -0.497 e. The van der Waals surface area contributed by atoms with Gasteiger partial charge in [0.25, 0.3) is 0 Å². The van der Waals surface area contributed by atoms with Crippen LogP contribution in [0.3, 0.4) is 0 Å². The van der Waals surface area contributed by atoms with E-state index in [1.165, 1.54) is 42.4 Å². The largest absolute Gasteiger partial charge is 0.497 e. The summed E-state index contributed by atoms with van der Waals surface area (Å²) in [5.41, 5.74) is 4.82. The zero-order chi connectivity index (χ0) is 20.2. The molecule has 2 aromatic rings. The maximum atomic E-state index is 12.2. The zero-order valence-corrected chi connectivity index (χ0v) is 17.5. The molecule has 154 valence electrons. The summed E-state index contributed by atoms with van der Waals surface area (Å²) in [6.45, 7) is 2.24. The highest BCUT2D eigenvalue weighted by atomic mass is 16.5. The highest BCUT2D eigenvalue weighted by molar-refractivity contribution is 5.93. The number of anilines is 1. The minimum atomic E-state index is 0.164. The lowest BCUT2D eigenvalue weighted by Crippen LogP contribution is -2.40. The van der Waals surface area contributed by atoms with Crippen molar-refractivity contribution >= 4 is 11.6 Å². The molecule has 2 N–H and O–H groups in total. The Hall–Kier alpha value is -2.33. The molecule has 4 rings (SSSR count). The number of nitrogens with one attached hydrogen (secondary N) is 2. The predicted molar refractivity (Wildman–Crippen MR) is 117 cm³/mol. The first-order valence-corrected chi connectivity index (χ1v) is 11.0. The van der Waals surface area contributed by atoms with Gasteiger partial charge in [-0.2, -0.15) is 0 Å². The van der Waals surface area contributed by atoms with Crippen LogP contribution in [0.15, 0.2) is 42.5 Å². The van der Waals surface area contributed by atoms with Crippen LogP contribution in [0.5, 0.6) is 5.75 Å². The van der Waals surface area contributed by atoms with Crippen molar-refractivity contribution in [1.29, 1.82) is 0 Å². The van der Waals surface area contributed by atoms with E-state index in [1.807, 2.05) is 18.2 Å². The average Bonchev–Trinajstić information content (AvgIpc) is 2.70. The molecule has 0 radical (unpaired) electrons. The molecule has 1 aliphatic heterocycles. The van der Waals surface area contributed by atoms with Gasteiger partial charge >= 0.3 is 0 Å². The smallest absolute Gasteiger partial charge is 0.227 e. The van der Waals surface area contributed by atoms with E-state index in [0.717, 1.165) is 30.7 Å². The van der Waals surface area contributed by atoms with Gasteiger partial charge in [0.1, 0.15) is 5.75 Å². The van der Waals surface area contributed by atoms with E-state index in [1.54, 1.807) is 7.11 Å². The topological polar surface area (TPSA) is 50.4 Å². The summed E-state index contributed by atoms with van der Waals surface area (Å²) in [5.74, 6) is 1.29. The maximum absolute atomic E-state index is 12.2. The van der Waals surface area contributed by atoms with Crippen LogP contribution in [0, 0.1) is 5.92 Å². The number of unbranched alkanes of at least 4 members (excludes halogenated alkanes) is 1. The van der Waals surface area contributed by atoms with Gasteiger partial charge in [-0.3, -0.25) is 4.79 Å². The third-order valence-corrected chi connectivity index (χ3v) is 6.42. The summed E-state index contributed by atoms with van der Waals surface area (Å²) in [5, 5.41) is 6.94. The second-order valence-electron chi connectivity index (χ2n) is 8.45. The zero-order valence-electron chi connectivity index (χ0n) is 17.5. The van der Waals surface area contributed by atoms with Crippen molar-refractivity contribution in [3.05, 3.63) is 59.2 Å². The SMILES string of the molecule is CCCC[C@H]1Cc2cc(OC)ccc2[C@H](c2ccc(NC(=O)C3CCC3)cc2)N1. The molecule has 29 heavy (non-hydrogen) atoms. The van der Waals surface area contributed by atoms with Crippen molar-refractivity contribution in [2.75, 3.05) is 12.4 Å². The summed E-state index contributed by atoms with van der Waals surface area (Å²) in [6, 6.07) is 15.4. The molecule has 0 aromatic heterocycles. The summed E-state index contributed by atoms with van der Waals surface area (Å²) in [7, 11) is 1.73. The molecule has 1 fully saturated rings. The quantitative estimate of drug-likeness (QED) is 0.678. The molecular weight excluding hydrogens is 360 g/mol. The van der Waals surface area contributed by atoms with Gasteiger partial charge in [0.05, 0.1) is 13.2 Å². The maximum Gasteiger partial charge on any atom is 0.227 e. The number of carbonyl (C=O) groups is 1. The number of fused-ring (bicyclic) bond motifs is 1. The number of rotatable bonds is 7. The molecule has 1 saturated carbocycles. The van der Waals surface area contributed by atoms with Crippen LogP contribution in [0.25, 0.3) is 0 Å². The third kappa shape index (κ3) is 4.48. The fraction of sp³-hybridized carbons (Fsp3) is 0.480. The number of ether oxygens (including phenoxy) is 1. The summed E-state index contributed by atoms with van der Waals surface area (Å²) in [4.78, 5) is 12.2. The Labute approximate surface area is 174 Å². The van der Waals surface area contributed by atoms with E-state index < -0.39 is 0 Å². The van der Waals surface area contributed by atoms with Crippen LogP contribution < -0.4 is 15.4 Å². The highest BCUT2D eigenvalue weighted by Gasteiger charge is 2.28. The normalized spacial score (nSPS) is 21.2. The Morgan fingerprint density at radius 3 is 2.62 bits per heavy atom. The standard InChI is InChI=1S/C25H32N2O2/c1-3-4-8-21-15-19-16-22(29-2)13-14-23(19)24(26-21)17-9-11-20(12-10-17)27-25(28)18-6-5-7-18/h9-14,16,18,21,24,26H,3-8,15H2,1-2H3,(H,27,28)/t21-,24-/m0/s1. The molecule has 2 aromatic carbocycles. The first kappa shape index (κ1) is 20.0. The van der Waals surface area contributed by atoms with Crippen LogP contribution in [0.1, 0.15) is 68.2 Å². The number of hydrogen-bond donors (Lipinski definition) is 2. The Morgan fingerprint density at radius 1 is 1.17 bits per heavy atom. The first-order valence-electron chi connectivity index (χ1n) is 11.0. The number of benzene rings is 2. The Bertz CT molecular complexity index is 842. The van der Waals surface area contributed by atoms with Crippen molar-refractivity contribution in [3.63, 3.8) is 0 Å². The van der Waals surface area contributed by atoms with Crippen LogP contribution in [-0.2, 0) is 11.2 Å². The summed E-state index contributed by atoms with van der Waals surface area (Å²) in [6.07, 6.45) is 7.88. The van der Waals surface area contributed by atoms with Gasteiger partial charge in [0, 0.05) is 17.6 Å². The van der Waals surface area contributed by atoms with Crippen molar-refractivity contribution in [2.45, 2.75) is 64.0 Å². The molecule has 0 bridgehead atoms. The van der Waals surface area contributed by atoms with Crippen LogP contribution in [0.4, 0.5) is 5.69 Å². The van der Waals surface area contributed by atoms with Gasteiger partial charge in [0.2, 0.25) is 5.91 Å². The molecular formula is C25H32N2O2. The summed E-state index contributed by atoms with van der Waals surface area (Å²) >= 11 is 0.